The number of halogens is 3. The van der Waals surface area contributed by atoms with Gasteiger partial charge in [-0.25, -0.2) is 14.0 Å². The van der Waals surface area contributed by atoms with E-state index in [1.165, 1.54) is 0 Å². The Balaban J connectivity index is 1.22. The summed E-state index contributed by atoms with van der Waals surface area (Å²) in [4.78, 5) is 2.56. The molecule has 0 saturated carbocycles. The van der Waals surface area contributed by atoms with E-state index in [-0.39, 0.29) is 18.8 Å². The minimum absolute atomic E-state index is 0.0955. The van der Waals surface area contributed by atoms with Crippen molar-refractivity contribution in [3.8, 4) is 5.97 Å². The van der Waals surface area contributed by atoms with Gasteiger partial charge in [-0.3, -0.25) is 0 Å². The Morgan fingerprint density at radius 2 is 1.89 bits per heavy atom. The number of nitrogens with zero attached hydrogens (tertiary/aromatic N) is 5. The van der Waals surface area contributed by atoms with Crippen LogP contribution >= 0.6 is 23.5 Å². The molecule has 3 aliphatic rings. The number of anilines is 1. The molecule has 0 aliphatic carbocycles. The van der Waals surface area contributed by atoms with E-state index < -0.39 is 6.43 Å². The molecule has 0 spiro atoms. The van der Waals surface area contributed by atoms with E-state index >= 15 is 0 Å². The van der Waals surface area contributed by atoms with Crippen LogP contribution in [0.2, 0.25) is 17.7 Å². The van der Waals surface area contributed by atoms with E-state index in [2.05, 4.69) is 31.4 Å². The van der Waals surface area contributed by atoms with Crippen LogP contribution in [0, 0.1) is 11.2 Å². The number of hydrogen-bond acceptors (Lipinski definition) is 6. The van der Waals surface area contributed by atoms with Gasteiger partial charge in [0.2, 0.25) is 0 Å². The third-order valence-electron chi connectivity index (χ3n) is 7.17. The van der Waals surface area contributed by atoms with E-state index in [9.17, 15) is 8.78 Å². The molecule has 0 radical (unpaired) electrons. The summed E-state index contributed by atoms with van der Waals surface area (Å²) < 4.78 is 28.1. The zero-order valence-electron chi connectivity index (χ0n) is 19.9. The third-order valence-corrected chi connectivity index (χ3v) is 8.77. The van der Waals surface area contributed by atoms with Gasteiger partial charge in [0.15, 0.2) is 0 Å². The Morgan fingerprint density at radius 1 is 1.14 bits per heavy atom. The van der Waals surface area contributed by atoms with E-state index in [0.29, 0.717) is 28.6 Å². The first-order valence-electron chi connectivity index (χ1n) is 12.3. The summed E-state index contributed by atoms with van der Waals surface area (Å²) in [5.41, 5.74) is 3.41. The maximum atomic E-state index is 12.9. The largest absolute Gasteiger partial charge is 0.312 e. The van der Waals surface area contributed by atoms with Gasteiger partial charge >= 0.3 is 0 Å². The molecule has 0 aromatic heterocycles. The first-order chi connectivity index (χ1) is 17.5. The summed E-state index contributed by atoms with van der Waals surface area (Å²) in [6.07, 6.45) is 1.78. The van der Waals surface area contributed by atoms with E-state index in [1.54, 1.807) is 0 Å². The van der Waals surface area contributed by atoms with Crippen molar-refractivity contribution in [1.29, 1.82) is 5.26 Å². The lowest BCUT2D eigenvalue weighted by molar-refractivity contribution is 0.176. The van der Waals surface area contributed by atoms with Crippen molar-refractivity contribution in [2.45, 2.75) is 56.2 Å². The zero-order valence-corrected chi connectivity index (χ0v) is 21.4. The van der Waals surface area contributed by atoms with Crippen LogP contribution in [0.15, 0.2) is 58.7 Å². The van der Waals surface area contributed by atoms with Gasteiger partial charge in [0.05, 0.1) is 12.3 Å². The fourth-order valence-corrected chi connectivity index (χ4v) is 6.38. The van der Waals surface area contributed by atoms with Gasteiger partial charge in [-0.1, -0.05) is 41.9 Å². The van der Waals surface area contributed by atoms with Gasteiger partial charge < -0.3 is 9.21 Å². The molecule has 10 heteroatoms. The number of rotatable bonds is 8. The van der Waals surface area contributed by atoms with E-state index in [0.717, 1.165) is 55.4 Å². The van der Waals surface area contributed by atoms with Gasteiger partial charge in [0, 0.05) is 28.3 Å². The smallest absolute Gasteiger partial charge is 0.278 e. The fourth-order valence-electron chi connectivity index (χ4n) is 4.95. The maximum absolute atomic E-state index is 12.9. The highest BCUT2D eigenvalue weighted by Gasteiger charge is 2.38. The number of hydrogen-bond donors (Lipinski definition) is 0. The quantitative estimate of drug-likeness (QED) is 0.304. The SMILES string of the molecule is N#CB1CC(N2CCC(SN(Cc3ccc(C4=NN=C(C(F)F)C4)cc3)c3cccc(Cl)c3)CC2)C1. The molecule has 3 heterocycles. The number of alkyl halides is 2. The summed E-state index contributed by atoms with van der Waals surface area (Å²) in [6, 6.07) is 16.4. The molecule has 0 unspecified atom stereocenters. The molecule has 0 bridgehead atoms. The fraction of sp³-hybridized carbons (Fsp3) is 0.423. The first-order valence-corrected chi connectivity index (χ1v) is 13.5. The van der Waals surface area contributed by atoms with E-state index in [1.807, 2.05) is 54.4 Å². The molecule has 2 fully saturated rings. The van der Waals surface area contributed by atoms with Crippen LogP contribution in [0.25, 0.3) is 0 Å². The van der Waals surface area contributed by atoms with Crippen molar-refractivity contribution < 1.29 is 8.78 Å². The summed E-state index contributed by atoms with van der Waals surface area (Å²) in [5.74, 6) is 2.39. The maximum Gasteiger partial charge on any atom is 0.278 e. The van der Waals surface area contributed by atoms with Crippen molar-refractivity contribution in [3.63, 3.8) is 0 Å². The molecular weight excluding hydrogens is 499 g/mol. The van der Waals surface area contributed by atoms with Crippen molar-refractivity contribution in [2.75, 3.05) is 17.4 Å². The molecule has 2 aromatic carbocycles. The van der Waals surface area contributed by atoms with E-state index in [4.69, 9.17) is 16.9 Å². The van der Waals surface area contributed by atoms with Crippen LogP contribution < -0.4 is 4.31 Å². The van der Waals surface area contributed by atoms with Crippen molar-refractivity contribution >= 4 is 47.4 Å². The second-order valence-electron chi connectivity index (χ2n) is 9.62. The Bertz CT molecular complexity index is 1170. The number of benzene rings is 2. The van der Waals surface area contributed by atoms with Crippen LogP contribution in [0.5, 0.6) is 0 Å². The molecule has 2 saturated heterocycles. The lowest BCUT2D eigenvalue weighted by Gasteiger charge is -2.43. The molecule has 0 amide bonds. The van der Waals surface area contributed by atoms with Crippen LogP contribution in [-0.4, -0.2) is 53.8 Å². The summed E-state index contributed by atoms with van der Waals surface area (Å²) in [5, 5.41) is 17.8. The first kappa shape index (κ1) is 25.3. The van der Waals surface area contributed by atoms with Gasteiger partial charge in [-0.2, -0.15) is 10.2 Å². The van der Waals surface area contributed by atoms with Crippen molar-refractivity contribution in [3.05, 3.63) is 64.7 Å². The molecule has 36 heavy (non-hydrogen) atoms. The molecular formula is C26H27BClF2N5S. The van der Waals surface area contributed by atoms with Crippen molar-refractivity contribution in [1.82, 2.24) is 4.90 Å². The molecule has 2 aromatic rings. The molecule has 5 rings (SSSR count). The minimum Gasteiger partial charge on any atom is -0.312 e. The number of likely N-dealkylation sites (tertiary alicyclic amines) is 1. The predicted octanol–water partition coefficient (Wildman–Crippen LogP) is 6.21. The number of piperidine rings is 1. The number of nitriles is 1. The Hall–Kier alpha value is -2.41. The average Bonchev–Trinajstić information content (AvgIpc) is 3.35. The molecule has 5 nitrogen and oxygen atoms in total. The Morgan fingerprint density at radius 3 is 2.53 bits per heavy atom. The topological polar surface area (TPSA) is 55.0 Å². The van der Waals surface area contributed by atoms with Gasteiger partial charge in [0.1, 0.15) is 5.71 Å². The van der Waals surface area contributed by atoms with Gasteiger partial charge in [-0.15, -0.1) is 0 Å². The monoisotopic (exact) mass is 525 g/mol. The van der Waals surface area contributed by atoms with Gasteiger partial charge in [0.25, 0.3) is 13.1 Å². The Labute approximate surface area is 220 Å². The highest BCUT2D eigenvalue weighted by molar-refractivity contribution is 8.01. The van der Waals surface area contributed by atoms with Crippen LogP contribution in [0.4, 0.5) is 14.5 Å². The Kier molecular flexibility index (Phi) is 7.95. The summed E-state index contributed by atoms with van der Waals surface area (Å²) in [6.45, 7) is 3.09. The summed E-state index contributed by atoms with van der Waals surface area (Å²) >= 11 is 8.19. The predicted molar refractivity (Wildman–Crippen MR) is 146 cm³/mol. The lowest BCUT2D eigenvalue weighted by Crippen LogP contribution is -2.51. The standard InChI is InChI=1S/C26H27BClF2N5S/c28-20-2-1-3-21(12-20)35(36-23-8-10-34(11-9-23)22-14-27(15-22)17-31)16-18-4-6-19(7-5-18)24-13-25(26(29)30)33-32-24/h1-7,12,22-23,26H,8-11,13-16H2. The second-order valence-corrected chi connectivity index (χ2v) is 11.4. The summed E-state index contributed by atoms with van der Waals surface area (Å²) in [7, 11) is 0. The van der Waals surface area contributed by atoms with Gasteiger partial charge in [-0.05, 0) is 85.9 Å². The van der Waals surface area contributed by atoms with Crippen LogP contribution in [0.1, 0.15) is 30.4 Å². The molecule has 0 atom stereocenters. The molecule has 0 N–H and O–H groups in total. The molecule has 186 valence electrons. The minimum atomic E-state index is -2.57. The average molecular weight is 526 g/mol. The highest BCUT2D eigenvalue weighted by Crippen LogP contribution is 2.36. The highest BCUT2D eigenvalue weighted by atomic mass is 35.5. The lowest BCUT2D eigenvalue weighted by atomic mass is 9.34. The molecule has 3 aliphatic heterocycles. The normalized spacial score (nSPS) is 19.1. The zero-order chi connectivity index (χ0) is 25.1. The second kappa shape index (κ2) is 11.3. The van der Waals surface area contributed by atoms with Crippen molar-refractivity contribution in [2.24, 2.45) is 10.2 Å². The third kappa shape index (κ3) is 5.93. The van der Waals surface area contributed by atoms with Crippen LogP contribution in [-0.2, 0) is 6.54 Å². The van der Waals surface area contributed by atoms with Crippen LogP contribution in [0.3, 0.4) is 0 Å².